The number of phenolic OH excluding ortho intramolecular Hbond substituents is 1. The molecule has 0 aliphatic heterocycles. The lowest BCUT2D eigenvalue weighted by molar-refractivity contribution is -0.145. The maximum Gasteiger partial charge on any atom is 0.349 e. The van der Waals surface area contributed by atoms with Crippen molar-refractivity contribution in [2.45, 2.75) is 6.10 Å². The van der Waals surface area contributed by atoms with E-state index in [1.807, 2.05) is 0 Å². The first-order chi connectivity index (χ1) is 14.0. The molecular formula is C22H16O7. The van der Waals surface area contributed by atoms with E-state index in [9.17, 15) is 19.8 Å². The van der Waals surface area contributed by atoms with E-state index in [4.69, 9.17) is 13.9 Å². The fourth-order valence-electron chi connectivity index (χ4n) is 3.18. The largest absolute Gasteiger partial charge is 0.507 e. The highest BCUT2D eigenvalue weighted by Crippen LogP contribution is 2.34. The van der Waals surface area contributed by atoms with Crippen LogP contribution in [-0.2, 0) is 4.79 Å². The van der Waals surface area contributed by atoms with E-state index in [2.05, 4.69) is 0 Å². The van der Waals surface area contributed by atoms with Gasteiger partial charge in [0.1, 0.15) is 22.5 Å². The number of benzene rings is 3. The predicted octanol–water partition coefficient (Wildman–Crippen LogP) is 3.87. The summed E-state index contributed by atoms with van der Waals surface area (Å²) in [4.78, 5) is 24.5. The minimum atomic E-state index is -1.30. The molecule has 1 heterocycles. The second-order valence-corrected chi connectivity index (χ2v) is 6.33. The molecule has 4 rings (SSSR count). The molecule has 0 saturated carbocycles. The number of hydrogen-bond donors (Lipinski definition) is 2. The SMILES string of the molecule is COc1cccc2c(=O)c3c(O)cc(OC(C(=O)O)c4ccccc4)cc3oc12. The molecule has 0 fully saturated rings. The molecule has 1 aromatic heterocycles. The zero-order valence-corrected chi connectivity index (χ0v) is 15.3. The van der Waals surface area contributed by atoms with Gasteiger partial charge in [-0.05, 0) is 12.1 Å². The first-order valence-corrected chi connectivity index (χ1v) is 8.70. The number of phenols is 1. The number of ether oxygens (including phenoxy) is 2. The van der Waals surface area contributed by atoms with Crippen LogP contribution in [0.3, 0.4) is 0 Å². The Hall–Kier alpha value is -4.00. The van der Waals surface area contributed by atoms with E-state index in [1.54, 1.807) is 48.5 Å². The van der Waals surface area contributed by atoms with Gasteiger partial charge in [0.15, 0.2) is 11.3 Å². The summed E-state index contributed by atoms with van der Waals surface area (Å²) in [5.74, 6) is -1.16. The van der Waals surface area contributed by atoms with Gasteiger partial charge in [-0.1, -0.05) is 36.4 Å². The van der Waals surface area contributed by atoms with Crippen molar-refractivity contribution in [1.29, 1.82) is 0 Å². The average molecular weight is 392 g/mol. The molecule has 0 amide bonds. The first kappa shape index (κ1) is 18.4. The molecule has 2 N–H and O–H groups in total. The van der Waals surface area contributed by atoms with Crippen LogP contribution in [0.4, 0.5) is 0 Å². The summed E-state index contributed by atoms with van der Waals surface area (Å²) in [5, 5.41) is 20.2. The topological polar surface area (TPSA) is 106 Å². The number of carboxylic acids is 1. The summed E-state index contributed by atoms with van der Waals surface area (Å²) in [5.41, 5.74) is 0.282. The van der Waals surface area contributed by atoms with Crippen LogP contribution in [0.2, 0.25) is 0 Å². The number of aromatic hydroxyl groups is 1. The molecule has 0 bridgehead atoms. The van der Waals surface area contributed by atoms with Crippen molar-refractivity contribution in [2.24, 2.45) is 0 Å². The van der Waals surface area contributed by atoms with Crippen molar-refractivity contribution in [3.63, 3.8) is 0 Å². The van der Waals surface area contributed by atoms with Crippen LogP contribution < -0.4 is 14.9 Å². The normalized spacial score (nSPS) is 12.0. The van der Waals surface area contributed by atoms with Crippen LogP contribution in [0.15, 0.2) is 69.9 Å². The zero-order chi connectivity index (χ0) is 20.5. The van der Waals surface area contributed by atoms with Gasteiger partial charge < -0.3 is 24.1 Å². The van der Waals surface area contributed by atoms with Crippen molar-refractivity contribution >= 4 is 27.9 Å². The van der Waals surface area contributed by atoms with Crippen LogP contribution in [0, 0.1) is 0 Å². The number of hydrogen-bond acceptors (Lipinski definition) is 6. The number of carboxylic acid groups (broad SMARTS) is 1. The molecule has 0 aliphatic rings. The highest BCUT2D eigenvalue weighted by atomic mass is 16.5. The van der Waals surface area contributed by atoms with E-state index in [0.29, 0.717) is 11.3 Å². The number of methoxy groups -OCH3 is 1. The molecule has 7 nitrogen and oxygen atoms in total. The molecule has 1 atom stereocenters. The van der Waals surface area contributed by atoms with Gasteiger partial charge in [-0.3, -0.25) is 4.79 Å². The van der Waals surface area contributed by atoms with E-state index >= 15 is 0 Å². The van der Waals surface area contributed by atoms with Gasteiger partial charge in [-0.25, -0.2) is 4.79 Å². The van der Waals surface area contributed by atoms with Gasteiger partial charge in [0.25, 0.3) is 0 Å². The standard InChI is InChI=1S/C22H16O7/c1-27-16-9-5-8-14-19(24)18-15(23)10-13(11-17(18)29-21(14)16)28-20(22(25)26)12-6-3-2-4-7-12/h2-11,20,23H,1H3,(H,25,26). The van der Waals surface area contributed by atoms with Crippen molar-refractivity contribution in [2.75, 3.05) is 7.11 Å². The molecule has 29 heavy (non-hydrogen) atoms. The molecule has 0 spiro atoms. The van der Waals surface area contributed by atoms with Gasteiger partial charge in [-0.2, -0.15) is 0 Å². The fraction of sp³-hybridized carbons (Fsp3) is 0.0909. The maximum atomic E-state index is 12.8. The Kier molecular flexibility index (Phi) is 4.56. The molecular weight excluding hydrogens is 376 g/mol. The van der Waals surface area contributed by atoms with Gasteiger partial charge >= 0.3 is 5.97 Å². The molecule has 0 radical (unpaired) electrons. The third kappa shape index (κ3) is 3.23. The lowest BCUT2D eigenvalue weighted by Gasteiger charge is -2.16. The van der Waals surface area contributed by atoms with E-state index in [0.717, 1.165) is 0 Å². The minimum Gasteiger partial charge on any atom is -0.507 e. The highest BCUT2D eigenvalue weighted by Gasteiger charge is 2.23. The third-order valence-corrected chi connectivity index (χ3v) is 4.52. The van der Waals surface area contributed by atoms with E-state index in [1.165, 1.54) is 19.2 Å². The van der Waals surface area contributed by atoms with Gasteiger partial charge in [-0.15, -0.1) is 0 Å². The average Bonchev–Trinajstić information content (AvgIpc) is 2.72. The quantitative estimate of drug-likeness (QED) is 0.497. The second kappa shape index (κ2) is 7.20. The van der Waals surface area contributed by atoms with Crippen molar-refractivity contribution in [3.8, 4) is 17.2 Å². The summed E-state index contributed by atoms with van der Waals surface area (Å²) in [6.45, 7) is 0. The third-order valence-electron chi connectivity index (χ3n) is 4.52. The highest BCUT2D eigenvalue weighted by molar-refractivity contribution is 5.95. The Morgan fingerprint density at radius 2 is 1.83 bits per heavy atom. The van der Waals surface area contributed by atoms with E-state index in [-0.39, 0.29) is 33.4 Å². The van der Waals surface area contributed by atoms with Crippen molar-refractivity contribution < 1.29 is 28.9 Å². The fourth-order valence-corrected chi connectivity index (χ4v) is 3.18. The number of carbonyl (C=O) groups is 1. The summed E-state index contributed by atoms with van der Waals surface area (Å²) in [6, 6.07) is 15.8. The molecule has 7 heteroatoms. The molecule has 0 aliphatic carbocycles. The van der Waals surface area contributed by atoms with Crippen LogP contribution in [0.25, 0.3) is 21.9 Å². The Bertz CT molecular complexity index is 1280. The molecule has 0 saturated heterocycles. The zero-order valence-electron chi connectivity index (χ0n) is 15.3. The van der Waals surface area contributed by atoms with Crippen LogP contribution in [-0.4, -0.2) is 23.3 Å². The van der Waals surface area contributed by atoms with Gasteiger partial charge in [0.2, 0.25) is 11.5 Å². The molecule has 146 valence electrons. The van der Waals surface area contributed by atoms with Crippen molar-refractivity contribution in [1.82, 2.24) is 0 Å². The summed E-state index contributed by atoms with van der Waals surface area (Å²) in [6.07, 6.45) is -1.30. The lowest BCUT2D eigenvalue weighted by atomic mass is 10.1. The second-order valence-electron chi connectivity index (χ2n) is 6.33. The summed E-state index contributed by atoms with van der Waals surface area (Å²) in [7, 11) is 1.45. The Morgan fingerprint density at radius 1 is 1.07 bits per heavy atom. The van der Waals surface area contributed by atoms with Crippen molar-refractivity contribution in [3.05, 3.63) is 76.5 Å². The van der Waals surface area contributed by atoms with Gasteiger partial charge in [0.05, 0.1) is 12.5 Å². The van der Waals surface area contributed by atoms with Crippen LogP contribution in [0.1, 0.15) is 11.7 Å². The smallest absolute Gasteiger partial charge is 0.349 e. The maximum absolute atomic E-state index is 12.8. The predicted molar refractivity (Wildman–Crippen MR) is 106 cm³/mol. The number of para-hydroxylation sites is 1. The Labute approximate surface area is 164 Å². The first-order valence-electron chi connectivity index (χ1n) is 8.70. The van der Waals surface area contributed by atoms with E-state index < -0.39 is 17.5 Å². The number of aliphatic carboxylic acids is 1. The molecule has 1 unspecified atom stereocenters. The molecule has 3 aromatic carbocycles. The monoisotopic (exact) mass is 392 g/mol. The number of rotatable bonds is 5. The van der Waals surface area contributed by atoms with Crippen LogP contribution >= 0.6 is 0 Å². The lowest BCUT2D eigenvalue weighted by Crippen LogP contribution is -2.18. The molecule has 4 aromatic rings. The number of fused-ring (bicyclic) bond motifs is 2. The van der Waals surface area contributed by atoms with Crippen LogP contribution in [0.5, 0.6) is 17.2 Å². The summed E-state index contributed by atoms with van der Waals surface area (Å²) < 4.78 is 16.7. The Balaban J connectivity index is 1.87. The minimum absolute atomic E-state index is 0.0234. The summed E-state index contributed by atoms with van der Waals surface area (Å²) >= 11 is 0. The van der Waals surface area contributed by atoms with Gasteiger partial charge in [0, 0.05) is 17.7 Å². The Morgan fingerprint density at radius 3 is 2.52 bits per heavy atom.